The van der Waals surface area contributed by atoms with Crippen LogP contribution < -0.4 is 16.6 Å². The lowest BCUT2D eigenvalue weighted by atomic mass is 10.0. The third kappa shape index (κ3) is 10.1. The van der Waals surface area contributed by atoms with Gasteiger partial charge in [0.15, 0.2) is 0 Å². The fraction of sp³-hybridized carbons (Fsp3) is 0.923. The van der Waals surface area contributed by atoms with Gasteiger partial charge in [0.05, 0.1) is 0 Å². The van der Waals surface area contributed by atoms with Gasteiger partial charge in [0.1, 0.15) is 0 Å². The maximum atomic E-state index is 5.44. The highest BCUT2D eigenvalue weighted by Crippen LogP contribution is 2.08. The van der Waals surface area contributed by atoms with Crippen LogP contribution in [0.2, 0.25) is 0 Å². The molecule has 17 heavy (non-hydrogen) atoms. The van der Waals surface area contributed by atoms with Crippen molar-refractivity contribution in [1.29, 1.82) is 0 Å². The molecule has 4 nitrogen and oxygen atoms in total. The molecule has 0 bridgehead atoms. The molecule has 0 heterocycles. The quantitative estimate of drug-likeness (QED) is 0.278. The second-order valence-electron chi connectivity index (χ2n) is 5.60. The average molecular weight is 242 g/mol. The molecular weight excluding hydrogens is 212 g/mol. The lowest BCUT2D eigenvalue weighted by Crippen LogP contribution is -2.45. The van der Waals surface area contributed by atoms with E-state index < -0.39 is 0 Å². The standard InChI is InChI=1S/C13H30N4/c1-10(2)7-6-8-12(5)16-13(17-14)15-9-11(3)4/h10-12H,6-9,14H2,1-5H3,(H2,15,16,17). The van der Waals surface area contributed by atoms with Crippen LogP contribution in [-0.4, -0.2) is 18.5 Å². The Morgan fingerprint density at radius 2 is 1.71 bits per heavy atom. The van der Waals surface area contributed by atoms with Crippen molar-refractivity contribution in [3.63, 3.8) is 0 Å². The van der Waals surface area contributed by atoms with Crippen molar-refractivity contribution in [2.45, 2.75) is 59.9 Å². The first-order chi connectivity index (χ1) is 7.95. The number of nitrogens with zero attached hydrogens (tertiary/aromatic N) is 1. The van der Waals surface area contributed by atoms with Gasteiger partial charge >= 0.3 is 0 Å². The van der Waals surface area contributed by atoms with Gasteiger partial charge in [-0.25, -0.2) is 5.84 Å². The molecule has 0 aliphatic heterocycles. The highest BCUT2D eigenvalue weighted by Gasteiger charge is 2.05. The molecule has 0 saturated carbocycles. The number of aliphatic imine (C=N–C) groups is 1. The van der Waals surface area contributed by atoms with E-state index in [9.17, 15) is 0 Å². The van der Waals surface area contributed by atoms with Crippen molar-refractivity contribution >= 4 is 5.96 Å². The fourth-order valence-corrected chi connectivity index (χ4v) is 1.54. The molecule has 4 heteroatoms. The summed E-state index contributed by atoms with van der Waals surface area (Å²) in [6, 6.07) is 0.413. The summed E-state index contributed by atoms with van der Waals surface area (Å²) >= 11 is 0. The van der Waals surface area contributed by atoms with Crippen LogP contribution in [0.4, 0.5) is 0 Å². The Kier molecular flexibility index (Phi) is 8.86. The zero-order chi connectivity index (χ0) is 13.3. The molecule has 0 aromatic heterocycles. The van der Waals surface area contributed by atoms with Gasteiger partial charge in [-0.3, -0.25) is 10.4 Å². The zero-order valence-corrected chi connectivity index (χ0v) is 12.1. The Morgan fingerprint density at radius 3 is 2.18 bits per heavy atom. The molecule has 0 aromatic carbocycles. The van der Waals surface area contributed by atoms with Crippen LogP contribution in [0.15, 0.2) is 4.99 Å². The molecule has 1 unspecified atom stereocenters. The van der Waals surface area contributed by atoms with Crippen LogP contribution in [0.3, 0.4) is 0 Å². The van der Waals surface area contributed by atoms with E-state index in [-0.39, 0.29) is 0 Å². The highest BCUT2D eigenvalue weighted by molar-refractivity contribution is 5.79. The molecule has 0 amide bonds. The molecular formula is C13H30N4. The van der Waals surface area contributed by atoms with Crippen LogP contribution in [0.1, 0.15) is 53.9 Å². The van der Waals surface area contributed by atoms with E-state index >= 15 is 0 Å². The summed E-state index contributed by atoms with van der Waals surface area (Å²) in [6.45, 7) is 11.8. The van der Waals surface area contributed by atoms with Crippen LogP contribution in [0.5, 0.6) is 0 Å². The molecule has 0 fully saturated rings. The Balaban J connectivity index is 3.89. The van der Waals surface area contributed by atoms with Crippen molar-refractivity contribution < 1.29 is 0 Å². The van der Waals surface area contributed by atoms with Gasteiger partial charge in [0.2, 0.25) is 5.96 Å². The number of nitrogens with two attached hydrogens (primary N) is 1. The second kappa shape index (κ2) is 9.28. The average Bonchev–Trinajstić information content (AvgIpc) is 2.23. The Morgan fingerprint density at radius 1 is 1.06 bits per heavy atom. The Labute approximate surface area is 106 Å². The second-order valence-corrected chi connectivity index (χ2v) is 5.60. The van der Waals surface area contributed by atoms with Gasteiger partial charge in [-0.15, -0.1) is 0 Å². The van der Waals surface area contributed by atoms with Crippen LogP contribution in [-0.2, 0) is 0 Å². The van der Waals surface area contributed by atoms with Crippen LogP contribution in [0.25, 0.3) is 0 Å². The molecule has 4 N–H and O–H groups in total. The van der Waals surface area contributed by atoms with Crippen LogP contribution in [0, 0.1) is 11.8 Å². The van der Waals surface area contributed by atoms with E-state index in [1.54, 1.807) is 0 Å². The number of nitrogens with one attached hydrogen (secondary N) is 2. The van der Waals surface area contributed by atoms with E-state index in [4.69, 9.17) is 5.84 Å². The summed E-state index contributed by atoms with van der Waals surface area (Å²) in [4.78, 5) is 4.39. The minimum absolute atomic E-state index is 0.413. The van der Waals surface area contributed by atoms with E-state index in [2.05, 4.69) is 50.4 Å². The van der Waals surface area contributed by atoms with Gasteiger partial charge < -0.3 is 5.32 Å². The van der Waals surface area contributed by atoms with Crippen molar-refractivity contribution in [1.82, 2.24) is 10.7 Å². The molecule has 0 spiro atoms. The molecule has 0 rings (SSSR count). The molecule has 1 atom stereocenters. The van der Waals surface area contributed by atoms with Crippen LogP contribution >= 0.6 is 0 Å². The number of hydrogen-bond acceptors (Lipinski definition) is 2. The van der Waals surface area contributed by atoms with Crippen molar-refractivity contribution in [2.75, 3.05) is 6.54 Å². The lowest BCUT2D eigenvalue weighted by molar-refractivity contribution is 0.491. The van der Waals surface area contributed by atoms with E-state index in [0.717, 1.165) is 18.9 Å². The number of hydrogen-bond donors (Lipinski definition) is 3. The first-order valence-electron chi connectivity index (χ1n) is 6.73. The molecule has 0 aliphatic rings. The maximum Gasteiger partial charge on any atom is 0.205 e. The predicted molar refractivity (Wildman–Crippen MR) is 75.7 cm³/mol. The van der Waals surface area contributed by atoms with Crippen molar-refractivity contribution in [3.8, 4) is 0 Å². The van der Waals surface area contributed by atoms with E-state index in [1.807, 2.05) is 0 Å². The minimum Gasteiger partial charge on any atom is -0.353 e. The molecule has 0 radical (unpaired) electrons. The van der Waals surface area contributed by atoms with Crippen molar-refractivity contribution in [2.24, 2.45) is 22.7 Å². The molecule has 102 valence electrons. The molecule has 0 aromatic rings. The van der Waals surface area contributed by atoms with E-state index in [0.29, 0.717) is 17.9 Å². The summed E-state index contributed by atoms with van der Waals surface area (Å²) in [5.74, 6) is 7.48. The van der Waals surface area contributed by atoms with Crippen molar-refractivity contribution in [3.05, 3.63) is 0 Å². The topological polar surface area (TPSA) is 62.4 Å². The summed E-state index contributed by atoms with van der Waals surface area (Å²) in [5.41, 5.74) is 2.63. The highest BCUT2D eigenvalue weighted by atomic mass is 15.3. The number of hydrazine groups is 1. The number of rotatable bonds is 7. The first-order valence-corrected chi connectivity index (χ1v) is 6.73. The minimum atomic E-state index is 0.413. The monoisotopic (exact) mass is 242 g/mol. The summed E-state index contributed by atoms with van der Waals surface area (Å²) < 4.78 is 0. The third-order valence-electron chi connectivity index (χ3n) is 2.55. The largest absolute Gasteiger partial charge is 0.353 e. The van der Waals surface area contributed by atoms with E-state index in [1.165, 1.54) is 12.8 Å². The van der Waals surface area contributed by atoms with Gasteiger partial charge in [0.25, 0.3) is 0 Å². The smallest absolute Gasteiger partial charge is 0.205 e. The Hall–Kier alpha value is -0.770. The predicted octanol–water partition coefficient (Wildman–Crippen LogP) is 2.27. The van der Waals surface area contributed by atoms with Gasteiger partial charge in [-0.1, -0.05) is 40.5 Å². The van der Waals surface area contributed by atoms with Gasteiger partial charge in [-0.05, 0) is 25.2 Å². The fourth-order valence-electron chi connectivity index (χ4n) is 1.54. The summed E-state index contributed by atoms with van der Waals surface area (Å²) in [7, 11) is 0. The lowest BCUT2D eigenvalue weighted by Gasteiger charge is -2.17. The molecule has 0 saturated heterocycles. The summed E-state index contributed by atoms with van der Waals surface area (Å²) in [5, 5.41) is 3.31. The Bertz CT molecular complexity index is 211. The summed E-state index contributed by atoms with van der Waals surface area (Å²) in [6.07, 6.45) is 3.68. The third-order valence-corrected chi connectivity index (χ3v) is 2.55. The number of guanidine groups is 1. The van der Waals surface area contributed by atoms with Gasteiger partial charge in [0, 0.05) is 12.6 Å². The van der Waals surface area contributed by atoms with Gasteiger partial charge in [-0.2, -0.15) is 0 Å². The zero-order valence-electron chi connectivity index (χ0n) is 12.1. The maximum absolute atomic E-state index is 5.44. The molecule has 0 aliphatic carbocycles. The first kappa shape index (κ1) is 16.2. The SMILES string of the molecule is CC(C)CCCC(C)NC(=NCC(C)C)NN. The normalized spacial score (nSPS) is 14.2.